The number of hydrogen-bond donors (Lipinski definition) is 0. The molecule has 0 spiro atoms. The van der Waals surface area contributed by atoms with E-state index in [9.17, 15) is 13.2 Å². The monoisotopic (exact) mass is 449 g/mol. The number of carbonyl (C=O) groups is 1. The Balaban J connectivity index is 1.56. The molecule has 144 valence electrons. The first kappa shape index (κ1) is 20.1. The number of carbonyl (C=O) groups excluding carboxylic acids is 1. The molecule has 0 aromatic heterocycles. The van der Waals surface area contributed by atoms with Crippen molar-refractivity contribution in [3.63, 3.8) is 0 Å². The maximum atomic E-state index is 12.7. The molecule has 1 saturated carbocycles. The first-order valence-electron chi connectivity index (χ1n) is 9.21. The molecule has 4 nitrogen and oxygen atoms in total. The van der Waals surface area contributed by atoms with Crippen LogP contribution < -0.4 is 0 Å². The van der Waals surface area contributed by atoms with Crippen LogP contribution in [0.1, 0.15) is 30.4 Å². The Kier molecular flexibility index (Phi) is 6.71. The minimum absolute atomic E-state index is 0.0447. The molecule has 0 atom stereocenters. The van der Waals surface area contributed by atoms with Gasteiger partial charge in [0.25, 0.3) is 0 Å². The standard InChI is InChI=1S/C21H24BrNO3S/c22-19-10-4-8-18(14-19)15-23(20-11-12-20)21(24)16-27(25,26)13-5-9-17-6-2-1-3-7-17/h1-4,6-8,10,14,20H,5,9,11-13,15-16H2. The van der Waals surface area contributed by atoms with Crippen molar-refractivity contribution in [2.75, 3.05) is 11.5 Å². The highest BCUT2D eigenvalue weighted by atomic mass is 79.9. The average Bonchev–Trinajstić information content (AvgIpc) is 3.45. The summed E-state index contributed by atoms with van der Waals surface area (Å²) < 4.78 is 25.8. The highest BCUT2D eigenvalue weighted by Gasteiger charge is 2.34. The van der Waals surface area contributed by atoms with Crippen molar-refractivity contribution >= 4 is 31.7 Å². The number of nitrogens with zero attached hydrogens (tertiary/aromatic N) is 1. The van der Waals surface area contributed by atoms with Crippen LogP contribution in [0.25, 0.3) is 0 Å². The number of halogens is 1. The fourth-order valence-electron chi connectivity index (χ4n) is 3.12. The lowest BCUT2D eigenvalue weighted by Crippen LogP contribution is -2.37. The van der Waals surface area contributed by atoms with Gasteiger partial charge in [0.1, 0.15) is 5.75 Å². The molecule has 1 amide bonds. The summed E-state index contributed by atoms with van der Waals surface area (Å²) in [5, 5.41) is 0. The molecule has 0 bridgehead atoms. The van der Waals surface area contributed by atoms with Gasteiger partial charge in [-0.25, -0.2) is 8.42 Å². The zero-order valence-corrected chi connectivity index (χ0v) is 17.6. The van der Waals surface area contributed by atoms with Crippen molar-refractivity contribution in [1.82, 2.24) is 4.90 Å². The third-order valence-corrected chi connectivity index (χ3v) is 6.75. The van der Waals surface area contributed by atoms with Gasteiger partial charge in [-0.2, -0.15) is 0 Å². The zero-order chi connectivity index (χ0) is 19.3. The molecule has 0 radical (unpaired) electrons. The van der Waals surface area contributed by atoms with E-state index in [1.165, 1.54) is 0 Å². The lowest BCUT2D eigenvalue weighted by molar-refractivity contribution is -0.129. The topological polar surface area (TPSA) is 54.5 Å². The van der Waals surface area contributed by atoms with E-state index in [0.717, 1.165) is 28.4 Å². The van der Waals surface area contributed by atoms with Crippen LogP contribution >= 0.6 is 15.9 Å². The first-order valence-corrected chi connectivity index (χ1v) is 11.8. The summed E-state index contributed by atoms with van der Waals surface area (Å²) in [6.07, 6.45) is 3.15. The summed E-state index contributed by atoms with van der Waals surface area (Å²) in [6.45, 7) is 0.461. The molecule has 27 heavy (non-hydrogen) atoms. The molecule has 6 heteroatoms. The zero-order valence-electron chi connectivity index (χ0n) is 15.2. The quantitative estimate of drug-likeness (QED) is 0.581. The third-order valence-electron chi connectivity index (χ3n) is 4.66. The van der Waals surface area contributed by atoms with E-state index < -0.39 is 15.6 Å². The van der Waals surface area contributed by atoms with Crippen molar-refractivity contribution in [2.45, 2.75) is 38.3 Å². The second-order valence-corrected chi connectivity index (χ2v) is 10.2. The Bertz CT molecular complexity index is 879. The number of sulfone groups is 1. The predicted octanol–water partition coefficient (Wildman–Crippen LogP) is 3.99. The smallest absolute Gasteiger partial charge is 0.238 e. The number of rotatable bonds is 9. The molecule has 0 N–H and O–H groups in total. The van der Waals surface area contributed by atoms with E-state index in [2.05, 4.69) is 15.9 Å². The van der Waals surface area contributed by atoms with Crippen LogP contribution in [0, 0.1) is 0 Å². The molecule has 1 aliphatic carbocycles. The van der Waals surface area contributed by atoms with Gasteiger partial charge in [-0.3, -0.25) is 4.79 Å². The van der Waals surface area contributed by atoms with Gasteiger partial charge in [-0.1, -0.05) is 58.4 Å². The van der Waals surface area contributed by atoms with E-state index in [1.54, 1.807) is 4.90 Å². The molecular formula is C21H24BrNO3S. The molecule has 1 aliphatic rings. The van der Waals surface area contributed by atoms with Crippen molar-refractivity contribution < 1.29 is 13.2 Å². The van der Waals surface area contributed by atoms with Crippen LogP contribution in [0.5, 0.6) is 0 Å². The van der Waals surface area contributed by atoms with Gasteiger partial charge in [-0.05, 0) is 48.9 Å². The highest BCUT2D eigenvalue weighted by molar-refractivity contribution is 9.10. The van der Waals surface area contributed by atoms with Crippen LogP contribution in [0.15, 0.2) is 59.1 Å². The Labute approximate surface area is 169 Å². The molecule has 0 saturated heterocycles. The fourth-order valence-corrected chi connectivity index (χ4v) is 4.84. The van der Waals surface area contributed by atoms with Crippen LogP contribution in [-0.4, -0.2) is 36.8 Å². The summed E-state index contributed by atoms with van der Waals surface area (Å²) in [6, 6.07) is 17.8. The number of benzene rings is 2. The van der Waals surface area contributed by atoms with Gasteiger partial charge in [-0.15, -0.1) is 0 Å². The molecule has 0 heterocycles. The molecule has 0 unspecified atom stereocenters. The van der Waals surface area contributed by atoms with Crippen molar-refractivity contribution in [2.24, 2.45) is 0 Å². The third kappa shape index (κ3) is 6.47. The minimum atomic E-state index is -3.40. The Hall–Kier alpha value is -1.66. The Morgan fingerprint density at radius 3 is 2.41 bits per heavy atom. The molecule has 0 aliphatic heterocycles. The normalized spacial score (nSPS) is 14.1. The van der Waals surface area contributed by atoms with Crippen LogP contribution in [-0.2, 0) is 27.6 Å². The Morgan fingerprint density at radius 1 is 1.04 bits per heavy atom. The van der Waals surface area contributed by atoms with E-state index in [4.69, 9.17) is 0 Å². The maximum absolute atomic E-state index is 12.7. The number of amides is 1. The lowest BCUT2D eigenvalue weighted by Gasteiger charge is -2.22. The van der Waals surface area contributed by atoms with Crippen molar-refractivity contribution in [1.29, 1.82) is 0 Å². The van der Waals surface area contributed by atoms with Gasteiger partial charge < -0.3 is 4.90 Å². The second-order valence-electron chi connectivity index (χ2n) is 7.06. The average molecular weight is 450 g/mol. The molecule has 1 fully saturated rings. The summed E-state index contributed by atoms with van der Waals surface area (Å²) in [5.74, 6) is -0.632. The van der Waals surface area contributed by atoms with Crippen molar-refractivity contribution in [3.05, 3.63) is 70.2 Å². The first-order chi connectivity index (χ1) is 12.9. The van der Waals surface area contributed by atoms with Crippen molar-refractivity contribution in [3.8, 4) is 0 Å². The van der Waals surface area contributed by atoms with E-state index >= 15 is 0 Å². The van der Waals surface area contributed by atoms with Gasteiger partial charge in [0, 0.05) is 17.1 Å². The van der Waals surface area contributed by atoms with Gasteiger partial charge in [0.2, 0.25) is 5.91 Å². The molecule has 2 aromatic carbocycles. The number of hydrogen-bond acceptors (Lipinski definition) is 3. The highest BCUT2D eigenvalue weighted by Crippen LogP contribution is 2.29. The van der Waals surface area contributed by atoms with Crippen LogP contribution in [0.4, 0.5) is 0 Å². The summed E-state index contributed by atoms with van der Waals surface area (Å²) >= 11 is 3.44. The SMILES string of the molecule is O=C(CS(=O)(=O)CCCc1ccccc1)N(Cc1cccc(Br)c1)C1CC1. The van der Waals surface area contributed by atoms with E-state index in [0.29, 0.717) is 19.4 Å². The summed E-state index contributed by atoms with van der Waals surface area (Å²) in [5.41, 5.74) is 2.12. The largest absolute Gasteiger partial charge is 0.335 e. The van der Waals surface area contributed by atoms with Crippen LogP contribution in [0.3, 0.4) is 0 Å². The fraction of sp³-hybridized carbons (Fsp3) is 0.381. The van der Waals surface area contributed by atoms with E-state index in [1.807, 2.05) is 54.6 Å². The van der Waals surface area contributed by atoms with Crippen LogP contribution in [0.2, 0.25) is 0 Å². The number of aryl methyl sites for hydroxylation is 1. The molecule has 3 rings (SSSR count). The van der Waals surface area contributed by atoms with Gasteiger partial charge in [0.05, 0.1) is 5.75 Å². The lowest BCUT2D eigenvalue weighted by atomic mass is 10.1. The molecular weight excluding hydrogens is 426 g/mol. The summed E-state index contributed by atoms with van der Waals surface area (Å²) in [4.78, 5) is 14.4. The second kappa shape index (κ2) is 9.02. The summed E-state index contributed by atoms with van der Waals surface area (Å²) in [7, 11) is -3.40. The van der Waals surface area contributed by atoms with Gasteiger partial charge in [0.15, 0.2) is 9.84 Å². The Morgan fingerprint density at radius 2 is 1.74 bits per heavy atom. The van der Waals surface area contributed by atoms with E-state index in [-0.39, 0.29) is 17.7 Å². The maximum Gasteiger partial charge on any atom is 0.238 e. The predicted molar refractivity (Wildman–Crippen MR) is 111 cm³/mol. The van der Waals surface area contributed by atoms with Gasteiger partial charge >= 0.3 is 0 Å². The molecule has 2 aromatic rings. The minimum Gasteiger partial charge on any atom is -0.335 e.